The van der Waals surface area contributed by atoms with Gasteiger partial charge < -0.3 is 24.0 Å². The maximum atomic E-state index is 13.6. The Hall–Kier alpha value is -3.84. The molecule has 5 rings (SSSR count). The minimum absolute atomic E-state index is 0.129. The molecule has 1 fully saturated rings. The molecule has 3 aromatic rings. The molecule has 174 valence electrons. The number of carbonyl (C=O) groups is 2. The molecule has 0 unspecified atom stereocenters. The molecule has 2 amide bonds. The van der Waals surface area contributed by atoms with Crippen LogP contribution in [0.2, 0.25) is 0 Å². The summed E-state index contributed by atoms with van der Waals surface area (Å²) < 4.78 is 17.3. The third kappa shape index (κ3) is 4.75. The highest BCUT2D eigenvalue weighted by atomic mass is 16.5. The van der Waals surface area contributed by atoms with Gasteiger partial charge in [0.25, 0.3) is 11.8 Å². The third-order valence-corrected chi connectivity index (χ3v) is 5.95. The number of para-hydroxylation sites is 2. The lowest BCUT2D eigenvalue weighted by Gasteiger charge is -2.37. The first-order valence-electron chi connectivity index (χ1n) is 11.4. The summed E-state index contributed by atoms with van der Waals surface area (Å²) in [4.78, 5) is 30.1. The standard InChI is InChI=1S/C27H26N2O5/c30-26(21-9-6-10-22(17-21)33-19-20-7-2-1-3-8-20)29-18-25(27(31)28-13-15-32-16-14-28)34-24-12-5-4-11-23(24)29/h1-12,17,25H,13-16,18-19H2/t25-/m0/s1. The zero-order chi connectivity index (χ0) is 23.3. The van der Waals surface area contributed by atoms with Crippen LogP contribution in [-0.4, -0.2) is 55.7 Å². The molecule has 0 aromatic heterocycles. The van der Waals surface area contributed by atoms with Crippen LogP contribution in [-0.2, 0) is 16.1 Å². The van der Waals surface area contributed by atoms with Crippen molar-refractivity contribution >= 4 is 17.5 Å². The van der Waals surface area contributed by atoms with Crippen molar-refractivity contribution < 1.29 is 23.8 Å². The number of hydrogen-bond acceptors (Lipinski definition) is 5. The van der Waals surface area contributed by atoms with Crippen LogP contribution in [0.5, 0.6) is 11.5 Å². The highest BCUT2D eigenvalue weighted by molar-refractivity contribution is 6.08. The molecule has 0 bridgehead atoms. The number of benzene rings is 3. The maximum absolute atomic E-state index is 13.6. The predicted molar refractivity (Wildman–Crippen MR) is 127 cm³/mol. The van der Waals surface area contributed by atoms with Crippen LogP contribution in [0.1, 0.15) is 15.9 Å². The van der Waals surface area contributed by atoms with E-state index >= 15 is 0 Å². The molecule has 7 nitrogen and oxygen atoms in total. The van der Waals surface area contributed by atoms with Gasteiger partial charge >= 0.3 is 0 Å². The van der Waals surface area contributed by atoms with Gasteiger partial charge in [0.1, 0.15) is 18.1 Å². The maximum Gasteiger partial charge on any atom is 0.265 e. The van der Waals surface area contributed by atoms with Gasteiger partial charge in [0.15, 0.2) is 6.10 Å². The van der Waals surface area contributed by atoms with E-state index < -0.39 is 6.10 Å². The smallest absolute Gasteiger partial charge is 0.265 e. The number of amides is 2. The molecule has 1 saturated heterocycles. The Morgan fingerprint density at radius 2 is 1.68 bits per heavy atom. The van der Waals surface area contributed by atoms with Crippen molar-refractivity contribution in [3.8, 4) is 11.5 Å². The van der Waals surface area contributed by atoms with Crippen LogP contribution in [0, 0.1) is 0 Å². The van der Waals surface area contributed by atoms with Crippen LogP contribution >= 0.6 is 0 Å². The highest BCUT2D eigenvalue weighted by Crippen LogP contribution is 2.35. The van der Waals surface area contributed by atoms with Gasteiger partial charge in [0.05, 0.1) is 25.4 Å². The first-order valence-corrected chi connectivity index (χ1v) is 11.4. The molecule has 0 N–H and O–H groups in total. The summed E-state index contributed by atoms with van der Waals surface area (Å²) in [6, 6.07) is 24.3. The minimum Gasteiger partial charge on any atom is -0.489 e. The van der Waals surface area contributed by atoms with E-state index in [1.54, 1.807) is 34.1 Å². The summed E-state index contributed by atoms with van der Waals surface area (Å²) in [5.74, 6) is 0.790. The Morgan fingerprint density at radius 3 is 2.50 bits per heavy atom. The van der Waals surface area contributed by atoms with E-state index in [-0.39, 0.29) is 18.4 Å². The fourth-order valence-electron chi connectivity index (χ4n) is 4.16. The topological polar surface area (TPSA) is 68.3 Å². The molecule has 2 aliphatic rings. The fraction of sp³-hybridized carbons (Fsp3) is 0.259. The van der Waals surface area contributed by atoms with Gasteiger partial charge in [-0.05, 0) is 35.9 Å². The van der Waals surface area contributed by atoms with Crippen LogP contribution in [0.4, 0.5) is 5.69 Å². The van der Waals surface area contributed by atoms with E-state index in [4.69, 9.17) is 14.2 Å². The lowest BCUT2D eigenvalue weighted by atomic mass is 10.1. The first kappa shape index (κ1) is 22.0. The van der Waals surface area contributed by atoms with Gasteiger partial charge in [-0.3, -0.25) is 9.59 Å². The second-order valence-electron chi connectivity index (χ2n) is 8.23. The second-order valence-corrected chi connectivity index (χ2v) is 8.23. The number of hydrogen-bond donors (Lipinski definition) is 0. The van der Waals surface area contributed by atoms with Gasteiger partial charge in [-0.25, -0.2) is 0 Å². The summed E-state index contributed by atoms with van der Waals surface area (Å²) in [7, 11) is 0. The largest absolute Gasteiger partial charge is 0.489 e. The highest BCUT2D eigenvalue weighted by Gasteiger charge is 2.36. The van der Waals surface area contributed by atoms with E-state index in [9.17, 15) is 9.59 Å². The molecule has 0 aliphatic carbocycles. The lowest BCUT2D eigenvalue weighted by molar-refractivity contribution is -0.142. The van der Waals surface area contributed by atoms with Gasteiger partial charge in [0.2, 0.25) is 0 Å². The lowest BCUT2D eigenvalue weighted by Crippen LogP contribution is -2.54. The first-order chi connectivity index (χ1) is 16.7. The Bertz CT molecular complexity index is 1160. The quantitative estimate of drug-likeness (QED) is 0.585. The average molecular weight is 459 g/mol. The summed E-state index contributed by atoms with van der Waals surface area (Å²) in [6.45, 7) is 2.61. The van der Waals surface area contributed by atoms with Gasteiger partial charge in [-0.1, -0.05) is 48.5 Å². The van der Waals surface area contributed by atoms with Crippen LogP contribution in [0.15, 0.2) is 78.9 Å². The molecule has 0 saturated carbocycles. The van der Waals surface area contributed by atoms with Crippen LogP contribution in [0.25, 0.3) is 0 Å². The van der Waals surface area contributed by atoms with E-state index in [2.05, 4.69) is 0 Å². The van der Waals surface area contributed by atoms with Crippen molar-refractivity contribution in [1.29, 1.82) is 0 Å². The fourth-order valence-corrected chi connectivity index (χ4v) is 4.16. The van der Waals surface area contributed by atoms with Crippen molar-refractivity contribution in [2.24, 2.45) is 0 Å². The zero-order valence-electron chi connectivity index (χ0n) is 18.8. The monoisotopic (exact) mass is 458 g/mol. The molecule has 1 atom stereocenters. The number of fused-ring (bicyclic) bond motifs is 1. The number of ether oxygens (including phenoxy) is 3. The third-order valence-electron chi connectivity index (χ3n) is 5.95. The Kier molecular flexibility index (Phi) is 6.44. The number of rotatable bonds is 5. The summed E-state index contributed by atoms with van der Waals surface area (Å²) in [6.07, 6.45) is -0.769. The number of nitrogens with zero attached hydrogens (tertiary/aromatic N) is 2. The number of carbonyl (C=O) groups excluding carboxylic acids is 2. The molecule has 3 aromatic carbocycles. The number of anilines is 1. The minimum atomic E-state index is -0.769. The summed E-state index contributed by atoms with van der Waals surface area (Å²) in [5, 5.41) is 0. The number of morpholine rings is 1. The predicted octanol–water partition coefficient (Wildman–Crippen LogP) is 3.53. The molecule has 2 aliphatic heterocycles. The van der Waals surface area contributed by atoms with Crippen molar-refractivity contribution in [3.05, 3.63) is 90.0 Å². The molecule has 34 heavy (non-hydrogen) atoms. The van der Waals surface area contributed by atoms with Gasteiger partial charge in [0, 0.05) is 18.7 Å². The average Bonchev–Trinajstić information content (AvgIpc) is 2.91. The zero-order valence-corrected chi connectivity index (χ0v) is 18.8. The van der Waals surface area contributed by atoms with E-state index in [0.29, 0.717) is 55.7 Å². The molecule has 0 spiro atoms. The summed E-state index contributed by atoms with van der Waals surface area (Å²) in [5.41, 5.74) is 2.18. The SMILES string of the molecule is O=C([C@@H]1CN(C(=O)c2cccc(OCc3ccccc3)c2)c2ccccc2O1)N1CCOCC1. The molecule has 0 radical (unpaired) electrons. The Morgan fingerprint density at radius 1 is 0.912 bits per heavy atom. The van der Waals surface area contributed by atoms with Gasteiger partial charge in [-0.2, -0.15) is 0 Å². The van der Waals surface area contributed by atoms with Crippen molar-refractivity contribution in [1.82, 2.24) is 4.90 Å². The molecule has 7 heteroatoms. The summed E-state index contributed by atoms with van der Waals surface area (Å²) >= 11 is 0. The van der Waals surface area contributed by atoms with Crippen molar-refractivity contribution in [2.45, 2.75) is 12.7 Å². The van der Waals surface area contributed by atoms with E-state index in [0.717, 1.165) is 5.56 Å². The van der Waals surface area contributed by atoms with E-state index in [1.807, 2.05) is 54.6 Å². The molecular weight excluding hydrogens is 432 g/mol. The van der Waals surface area contributed by atoms with Crippen LogP contribution in [0.3, 0.4) is 0 Å². The second kappa shape index (κ2) is 9.97. The molecular formula is C27H26N2O5. The Labute approximate surface area is 198 Å². The van der Waals surface area contributed by atoms with Gasteiger partial charge in [-0.15, -0.1) is 0 Å². The normalized spacial score (nSPS) is 17.5. The van der Waals surface area contributed by atoms with E-state index in [1.165, 1.54) is 0 Å². The molecule has 2 heterocycles. The van der Waals surface area contributed by atoms with Crippen molar-refractivity contribution in [2.75, 3.05) is 37.7 Å². The Balaban J connectivity index is 1.36. The van der Waals surface area contributed by atoms with Crippen molar-refractivity contribution in [3.63, 3.8) is 0 Å². The van der Waals surface area contributed by atoms with Crippen LogP contribution < -0.4 is 14.4 Å².